The fourth-order valence-corrected chi connectivity index (χ4v) is 4.59. The van der Waals surface area contributed by atoms with E-state index in [0.29, 0.717) is 22.7 Å². The SMILES string of the molecule is CCN1CCN(Cc2ccccc2CNC(=O)c2ccc(NC(=O)c3cccs3)cc2)CC1. The van der Waals surface area contributed by atoms with Gasteiger partial charge >= 0.3 is 0 Å². The minimum absolute atomic E-state index is 0.127. The third kappa shape index (κ3) is 6.28. The van der Waals surface area contributed by atoms with Gasteiger partial charge in [-0.2, -0.15) is 0 Å². The smallest absolute Gasteiger partial charge is 0.265 e. The Labute approximate surface area is 199 Å². The topological polar surface area (TPSA) is 64.7 Å². The monoisotopic (exact) mass is 462 g/mol. The Morgan fingerprint density at radius 3 is 2.21 bits per heavy atom. The summed E-state index contributed by atoms with van der Waals surface area (Å²) in [5, 5.41) is 7.76. The number of rotatable bonds is 8. The number of benzene rings is 2. The summed E-state index contributed by atoms with van der Waals surface area (Å²) >= 11 is 1.39. The van der Waals surface area contributed by atoms with Gasteiger partial charge in [0.1, 0.15) is 0 Å². The molecule has 4 rings (SSSR count). The minimum atomic E-state index is -0.144. The Kier molecular flexibility index (Phi) is 7.88. The van der Waals surface area contributed by atoms with Gasteiger partial charge in [-0.15, -0.1) is 11.3 Å². The fraction of sp³-hybridized carbons (Fsp3) is 0.308. The van der Waals surface area contributed by atoms with Crippen LogP contribution in [0.15, 0.2) is 66.0 Å². The number of piperazine rings is 1. The number of nitrogens with one attached hydrogen (secondary N) is 2. The zero-order chi connectivity index (χ0) is 23.0. The van der Waals surface area contributed by atoms with Crippen LogP contribution in [0.5, 0.6) is 0 Å². The number of thiophene rings is 1. The molecule has 2 N–H and O–H groups in total. The highest BCUT2D eigenvalue weighted by atomic mass is 32.1. The van der Waals surface area contributed by atoms with Gasteiger partial charge in [0, 0.05) is 50.5 Å². The van der Waals surface area contributed by atoms with Crippen LogP contribution in [0.1, 0.15) is 38.1 Å². The van der Waals surface area contributed by atoms with Crippen LogP contribution in [-0.4, -0.2) is 54.3 Å². The van der Waals surface area contributed by atoms with Crippen molar-refractivity contribution in [1.29, 1.82) is 0 Å². The first-order chi connectivity index (χ1) is 16.1. The molecule has 2 amide bonds. The molecule has 172 valence electrons. The zero-order valence-corrected chi connectivity index (χ0v) is 19.7. The Morgan fingerprint density at radius 1 is 0.848 bits per heavy atom. The molecule has 0 unspecified atom stereocenters. The maximum Gasteiger partial charge on any atom is 0.265 e. The molecule has 3 aromatic rings. The zero-order valence-electron chi connectivity index (χ0n) is 18.9. The lowest BCUT2D eigenvalue weighted by Gasteiger charge is -2.34. The molecule has 0 saturated carbocycles. The average molecular weight is 463 g/mol. The van der Waals surface area contributed by atoms with E-state index < -0.39 is 0 Å². The second-order valence-electron chi connectivity index (χ2n) is 8.17. The van der Waals surface area contributed by atoms with Crippen molar-refractivity contribution in [3.8, 4) is 0 Å². The van der Waals surface area contributed by atoms with E-state index in [1.165, 1.54) is 16.9 Å². The molecule has 2 aromatic carbocycles. The lowest BCUT2D eigenvalue weighted by atomic mass is 10.1. The Hall–Kier alpha value is -3.00. The van der Waals surface area contributed by atoms with Gasteiger partial charge in [0.15, 0.2) is 0 Å². The minimum Gasteiger partial charge on any atom is -0.348 e. The average Bonchev–Trinajstić information content (AvgIpc) is 3.40. The molecule has 6 nitrogen and oxygen atoms in total. The summed E-state index contributed by atoms with van der Waals surface area (Å²) in [4.78, 5) is 30.5. The number of carbonyl (C=O) groups excluding carboxylic acids is 2. The van der Waals surface area contributed by atoms with Gasteiger partial charge < -0.3 is 15.5 Å². The van der Waals surface area contributed by atoms with Gasteiger partial charge in [-0.25, -0.2) is 0 Å². The van der Waals surface area contributed by atoms with Crippen molar-refractivity contribution in [2.45, 2.75) is 20.0 Å². The van der Waals surface area contributed by atoms with Gasteiger partial charge in [-0.3, -0.25) is 14.5 Å². The Bertz CT molecular complexity index is 1060. The highest BCUT2D eigenvalue weighted by molar-refractivity contribution is 7.12. The molecule has 7 heteroatoms. The predicted octanol–water partition coefficient (Wildman–Crippen LogP) is 4.07. The second kappa shape index (κ2) is 11.2. The fourth-order valence-electron chi connectivity index (χ4n) is 3.97. The summed E-state index contributed by atoms with van der Waals surface area (Å²) in [6.07, 6.45) is 0. The van der Waals surface area contributed by atoms with Crippen LogP contribution in [0.25, 0.3) is 0 Å². The van der Waals surface area contributed by atoms with Crippen molar-refractivity contribution in [3.63, 3.8) is 0 Å². The molecule has 0 bridgehead atoms. The molecule has 1 saturated heterocycles. The molecule has 1 fully saturated rings. The molecule has 0 spiro atoms. The van der Waals surface area contributed by atoms with Gasteiger partial charge in [0.05, 0.1) is 4.88 Å². The third-order valence-electron chi connectivity index (χ3n) is 6.01. The van der Waals surface area contributed by atoms with Gasteiger partial charge in [0.2, 0.25) is 0 Å². The summed E-state index contributed by atoms with van der Waals surface area (Å²) in [5.41, 5.74) is 3.63. The molecule has 33 heavy (non-hydrogen) atoms. The Morgan fingerprint density at radius 2 is 1.55 bits per heavy atom. The van der Waals surface area contributed by atoms with Gasteiger partial charge in [-0.1, -0.05) is 37.3 Å². The number of carbonyl (C=O) groups is 2. The molecule has 0 aliphatic carbocycles. The molecule has 0 atom stereocenters. The first-order valence-corrected chi connectivity index (χ1v) is 12.2. The van der Waals surface area contributed by atoms with Crippen LogP contribution in [0.4, 0.5) is 5.69 Å². The standard InChI is InChI=1S/C26H30N4O2S/c1-2-29-13-15-30(16-14-29)19-22-7-4-3-6-21(22)18-27-25(31)20-9-11-23(12-10-20)28-26(32)24-8-5-17-33-24/h3-12,17H,2,13-16,18-19H2,1H3,(H,27,31)(H,28,32). The van der Waals surface area contributed by atoms with E-state index in [9.17, 15) is 9.59 Å². The third-order valence-corrected chi connectivity index (χ3v) is 6.88. The van der Waals surface area contributed by atoms with E-state index in [1.807, 2.05) is 17.5 Å². The van der Waals surface area contributed by atoms with Crippen LogP contribution < -0.4 is 10.6 Å². The highest BCUT2D eigenvalue weighted by Gasteiger charge is 2.17. The largest absolute Gasteiger partial charge is 0.348 e. The Balaban J connectivity index is 1.31. The molecular formula is C26H30N4O2S. The van der Waals surface area contributed by atoms with Crippen LogP contribution >= 0.6 is 11.3 Å². The maximum atomic E-state index is 12.7. The van der Waals surface area contributed by atoms with Crippen molar-refractivity contribution in [3.05, 3.63) is 87.6 Å². The lowest BCUT2D eigenvalue weighted by molar-refractivity contribution is 0.0950. The number of likely N-dealkylation sites (N-methyl/N-ethyl adjacent to an activating group) is 1. The normalized spacial score (nSPS) is 14.7. The quantitative estimate of drug-likeness (QED) is 0.530. The second-order valence-corrected chi connectivity index (χ2v) is 9.12. The predicted molar refractivity (Wildman–Crippen MR) is 134 cm³/mol. The lowest BCUT2D eigenvalue weighted by Crippen LogP contribution is -2.45. The van der Waals surface area contributed by atoms with E-state index in [0.717, 1.165) is 44.8 Å². The van der Waals surface area contributed by atoms with Crippen LogP contribution in [0, 0.1) is 0 Å². The number of amides is 2. The number of nitrogens with zero attached hydrogens (tertiary/aromatic N) is 2. The van der Waals surface area contributed by atoms with Crippen LogP contribution in [0.2, 0.25) is 0 Å². The van der Waals surface area contributed by atoms with Crippen LogP contribution in [0.3, 0.4) is 0 Å². The summed E-state index contributed by atoms with van der Waals surface area (Å²) in [6.45, 7) is 9.08. The molecular weight excluding hydrogens is 432 g/mol. The number of hydrogen-bond acceptors (Lipinski definition) is 5. The molecule has 1 aliphatic heterocycles. The number of anilines is 1. The van der Waals surface area contributed by atoms with E-state index in [4.69, 9.17) is 0 Å². The molecule has 1 aromatic heterocycles. The van der Waals surface area contributed by atoms with Crippen molar-refractivity contribution >= 4 is 28.8 Å². The maximum absolute atomic E-state index is 12.7. The van der Waals surface area contributed by atoms with E-state index >= 15 is 0 Å². The van der Waals surface area contributed by atoms with Gasteiger partial charge in [0.25, 0.3) is 11.8 Å². The van der Waals surface area contributed by atoms with Gasteiger partial charge in [-0.05, 0) is 53.4 Å². The highest BCUT2D eigenvalue weighted by Crippen LogP contribution is 2.16. The van der Waals surface area contributed by atoms with E-state index in [-0.39, 0.29) is 11.8 Å². The van der Waals surface area contributed by atoms with Crippen molar-refractivity contribution in [2.75, 3.05) is 38.0 Å². The number of hydrogen-bond donors (Lipinski definition) is 2. The molecule has 0 radical (unpaired) electrons. The summed E-state index contributed by atoms with van der Waals surface area (Å²) < 4.78 is 0. The summed E-state index contributed by atoms with van der Waals surface area (Å²) in [6, 6.07) is 18.9. The van der Waals surface area contributed by atoms with Crippen molar-refractivity contribution < 1.29 is 9.59 Å². The first-order valence-electron chi connectivity index (χ1n) is 11.4. The molecule has 1 aliphatic rings. The molecule has 2 heterocycles. The van der Waals surface area contributed by atoms with E-state index in [1.54, 1.807) is 30.3 Å². The van der Waals surface area contributed by atoms with Crippen molar-refractivity contribution in [1.82, 2.24) is 15.1 Å². The summed E-state index contributed by atoms with van der Waals surface area (Å²) in [5.74, 6) is -0.271. The van der Waals surface area contributed by atoms with E-state index in [2.05, 4.69) is 45.6 Å². The summed E-state index contributed by atoms with van der Waals surface area (Å²) in [7, 11) is 0. The van der Waals surface area contributed by atoms with Crippen molar-refractivity contribution in [2.24, 2.45) is 0 Å². The first kappa shape index (κ1) is 23.2. The van der Waals surface area contributed by atoms with Crippen LogP contribution in [-0.2, 0) is 13.1 Å².